The van der Waals surface area contributed by atoms with Gasteiger partial charge in [0.15, 0.2) is 5.67 Å². The summed E-state index contributed by atoms with van der Waals surface area (Å²) in [5.74, 6) is -1.28. The number of hydrogen-bond acceptors (Lipinski definition) is 6. The van der Waals surface area contributed by atoms with Crippen LogP contribution in [0.15, 0.2) is 18.3 Å². The highest BCUT2D eigenvalue weighted by Crippen LogP contribution is 2.27. The highest BCUT2D eigenvalue weighted by Gasteiger charge is 2.35. The minimum absolute atomic E-state index is 0.0938. The smallest absolute Gasteiger partial charge is 0.413 e. The summed E-state index contributed by atoms with van der Waals surface area (Å²) in [4.78, 5) is 28.6. The summed E-state index contributed by atoms with van der Waals surface area (Å²) in [5.41, 5.74) is -1.97. The van der Waals surface area contributed by atoms with Crippen LogP contribution in [0.25, 0.3) is 0 Å². The lowest BCUT2D eigenvalue weighted by Crippen LogP contribution is -2.51. The number of aliphatic carboxylic acids is 1. The van der Waals surface area contributed by atoms with Gasteiger partial charge in [-0.15, -0.1) is 0 Å². The Morgan fingerprint density at radius 3 is 2.60 bits per heavy atom. The van der Waals surface area contributed by atoms with Gasteiger partial charge in [0, 0.05) is 25.8 Å². The van der Waals surface area contributed by atoms with Gasteiger partial charge in [-0.05, 0) is 51.3 Å². The van der Waals surface area contributed by atoms with Crippen molar-refractivity contribution in [2.75, 3.05) is 18.4 Å². The summed E-state index contributed by atoms with van der Waals surface area (Å²) in [6, 6.07) is 3.50. The number of carbonyl (C=O) groups is 2. The zero-order valence-electron chi connectivity index (χ0n) is 14.7. The van der Waals surface area contributed by atoms with E-state index in [1.165, 1.54) is 0 Å². The summed E-state index contributed by atoms with van der Waals surface area (Å²) in [6.07, 6.45) is 0.783. The van der Waals surface area contributed by atoms with Crippen molar-refractivity contribution < 1.29 is 23.8 Å². The Hall–Kier alpha value is -2.22. The monoisotopic (exact) mass is 352 g/mol. The van der Waals surface area contributed by atoms with E-state index >= 15 is 0 Å². The number of anilines is 1. The number of alkyl halides is 1. The molecule has 0 spiro atoms. The van der Waals surface area contributed by atoms with E-state index in [0.29, 0.717) is 25.5 Å². The molecule has 8 heteroatoms. The second-order valence-electron chi connectivity index (χ2n) is 7.21. The van der Waals surface area contributed by atoms with Gasteiger partial charge < -0.3 is 14.6 Å². The maximum atomic E-state index is 14.0. The zero-order valence-corrected chi connectivity index (χ0v) is 14.7. The molecule has 0 bridgehead atoms. The molecule has 0 aliphatic carbocycles. The van der Waals surface area contributed by atoms with Crippen LogP contribution in [0.4, 0.5) is 15.0 Å². The van der Waals surface area contributed by atoms with E-state index in [1.54, 1.807) is 39.1 Å². The van der Waals surface area contributed by atoms with E-state index < -0.39 is 23.3 Å². The molecule has 1 aromatic heterocycles. The SMILES string of the molecule is CC(C)(C)OC(=O)Nc1cc(CN2CCC(F)(C(=O)[O-])CC2)ccn1. The van der Waals surface area contributed by atoms with E-state index in [4.69, 9.17) is 4.74 Å². The zero-order chi connectivity index (χ0) is 18.7. The van der Waals surface area contributed by atoms with Gasteiger partial charge in [-0.25, -0.2) is 14.2 Å². The van der Waals surface area contributed by atoms with E-state index in [1.807, 2.05) is 4.90 Å². The van der Waals surface area contributed by atoms with Gasteiger partial charge in [-0.1, -0.05) is 0 Å². The highest BCUT2D eigenvalue weighted by molar-refractivity contribution is 5.83. The summed E-state index contributed by atoms with van der Waals surface area (Å²) in [7, 11) is 0. The van der Waals surface area contributed by atoms with Gasteiger partial charge in [-0.2, -0.15) is 0 Å². The molecule has 1 aromatic rings. The third-order valence-electron chi connectivity index (χ3n) is 3.87. The molecule has 138 valence electrons. The van der Waals surface area contributed by atoms with Gasteiger partial charge >= 0.3 is 6.09 Å². The standard InChI is InChI=1S/C17H24FN3O4/c1-16(2,3)25-15(24)20-13-10-12(4-7-19-13)11-21-8-5-17(18,6-9-21)14(22)23/h4,7,10H,5-6,8-9,11H2,1-3H3,(H,22,23)(H,19,20,24)/p-1. The predicted molar refractivity (Wildman–Crippen MR) is 87.5 cm³/mol. The average molecular weight is 352 g/mol. The molecule has 2 rings (SSSR count). The molecule has 1 aliphatic heterocycles. The summed E-state index contributed by atoms with van der Waals surface area (Å²) in [5, 5.41) is 13.4. The number of aromatic nitrogens is 1. The Morgan fingerprint density at radius 2 is 2.04 bits per heavy atom. The number of likely N-dealkylation sites (tertiary alicyclic amines) is 1. The number of ether oxygens (including phenoxy) is 1. The van der Waals surface area contributed by atoms with Crippen molar-refractivity contribution in [1.29, 1.82) is 0 Å². The number of nitrogens with one attached hydrogen (secondary N) is 1. The van der Waals surface area contributed by atoms with Crippen LogP contribution in [0.3, 0.4) is 0 Å². The number of carboxylic acids is 1. The van der Waals surface area contributed by atoms with E-state index in [-0.39, 0.29) is 12.8 Å². The maximum absolute atomic E-state index is 14.0. The molecule has 1 amide bonds. The van der Waals surface area contributed by atoms with Gasteiger partial charge in [0.05, 0.1) is 5.97 Å². The Kier molecular flexibility index (Phi) is 5.62. The molecule has 7 nitrogen and oxygen atoms in total. The number of carboxylic acid groups (broad SMARTS) is 1. The Morgan fingerprint density at radius 1 is 1.40 bits per heavy atom. The van der Waals surface area contributed by atoms with Crippen LogP contribution in [-0.2, 0) is 16.1 Å². The lowest BCUT2D eigenvalue weighted by molar-refractivity contribution is -0.321. The van der Waals surface area contributed by atoms with Crippen molar-refractivity contribution in [2.45, 2.75) is 51.4 Å². The van der Waals surface area contributed by atoms with Crippen LogP contribution in [0.1, 0.15) is 39.2 Å². The molecule has 0 aromatic carbocycles. The third-order valence-corrected chi connectivity index (χ3v) is 3.87. The topological polar surface area (TPSA) is 94.6 Å². The molecule has 2 heterocycles. The van der Waals surface area contributed by atoms with Crippen molar-refractivity contribution >= 4 is 17.9 Å². The predicted octanol–water partition coefficient (Wildman–Crippen LogP) is 1.48. The Labute approximate surface area is 146 Å². The van der Waals surface area contributed by atoms with Crippen LogP contribution in [0.5, 0.6) is 0 Å². The number of hydrogen-bond donors (Lipinski definition) is 1. The van der Waals surface area contributed by atoms with E-state index in [2.05, 4.69) is 10.3 Å². The number of rotatable bonds is 4. The van der Waals surface area contributed by atoms with Crippen molar-refractivity contribution in [3.05, 3.63) is 23.9 Å². The van der Waals surface area contributed by atoms with Crippen molar-refractivity contribution in [3.8, 4) is 0 Å². The minimum Gasteiger partial charge on any atom is -0.547 e. The first-order valence-electron chi connectivity index (χ1n) is 8.15. The van der Waals surface area contributed by atoms with Crippen molar-refractivity contribution in [3.63, 3.8) is 0 Å². The normalized spacial score (nSPS) is 17.8. The van der Waals surface area contributed by atoms with Gasteiger partial charge in [0.2, 0.25) is 0 Å². The molecule has 0 saturated carbocycles. The van der Waals surface area contributed by atoms with Gasteiger partial charge in [0.25, 0.3) is 0 Å². The summed E-state index contributed by atoms with van der Waals surface area (Å²) >= 11 is 0. The quantitative estimate of drug-likeness (QED) is 0.882. The molecular formula is C17H23FN3O4-. The molecule has 1 fully saturated rings. The van der Waals surface area contributed by atoms with Crippen LogP contribution in [0.2, 0.25) is 0 Å². The maximum Gasteiger partial charge on any atom is 0.413 e. The number of pyridine rings is 1. The van der Waals surface area contributed by atoms with Crippen LogP contribution in [0, 0.1) is 0 Å². The molecule has 25 heavy (non-hydrogen) atoms. The first-order valence-corrected chi connectivity index (χ1v) is 8.15. The molecular weight excluding hydrogens is 329 g/mol. The average Bonchev–Trinajstić information content (AvgIpc) is 2.48. The number of piperidine rings is 1. The lowest BCUT2D eigenvalue weighted by atomic mass is 9.93. The number of carbonyl (C=O) groups excluding carboxylic acids is 2. The number of amides is 1. The third kappa shape index (κ3) is 5.67. The van der Waals surface area contributed by atoms with Crippen LogP contribution in [-0.4, -0.2) is 46.3 Å². The fourth-order valence-electron chi connectivity index (χ4n) is 2.58. The number of nitrogens with zero attached hydrogens (tertiary/aromatic N) is 2. The van der Waals surface area contributed by atoms with Gasteiger partial charge in [0.1, 0.15) is 11.4 Å². The van der Waals surface area contributed by atoms with Crippen LogP contribution < -0.4 is 10.4 Å². The molecule has 1 aliphatic rings. The van der Waals surface area contributed by atoms with Crippen molar-refractivity contribution in [2.24, 2.45) is 0 Å². The van der Waals surface area contributed by atoms with Crippen molar-refractivity contribution in [1.82, 2.24) is 9.88 Å². The fraction of sp³-hybridized carbons (Fsp3) is 0.588. The summed E-state index contributed by atoms with van der Waals surface area (Å²) < 4.78 is 19.2. The molecule has 0 radical (unpaired) electrons. The second kappa shape index (κ2) is 7.35. The van der Waals surface area contributed by atoms with E-state index in [0.717, 1.165) is 5.56 Å². The van der Waals surface area contributed by atoms with Gasteiger partial charge in [-0.3, -0.25) is 10.2 Å². The Bertz CT molecular complexity index is 637. The van der Waals surface area contributed by atoms with Crippen LogP contribution >= 0.6 is 0 Å². The molecule has 1 saturated heterocycles. The lowest BCUT2D eigenvalue weighted by Gasteiger charge is -2.36. The van der Waals surface area contributed by atoms with E-state index in [9.17, 15) is 19.1 Å². The molecule has 1 N–H and O–H groups in total. The number of halogens is 1. The first-order chi connectivity index (χ1) is 11.6. The first kappa shape index (κ1) is 19.1. The minimum atomic E-state index is -2.24. The Balaban J connectivity index is 1.92. The highest BCUT2D eigenvalue weighted by atomic mass is 19.1. The molecule has 0 unspecified atom stereocenters. The summed E-state index contributed by atoms with van der Waals surface area (Å²) in [6.45, 7) is 6.46. The largest absolute Gasteiger partial charge is 0.547 e. The second-order valence-corrected chi connectivity index (χ2v) is 7.21. The fourth-order valence-corrected chi connectivity index (χ4v) is 2.58. The molecule has 0 atom stereocenters.